The van der Waals surface area contributed by atoms with Crippen molar-refractivity contribution in [3.05, 3.63) is 60.2 Å². The maximum Gasteiger partial charge on any atom is 0.309 e. The molecule has 144 valence electrons. The van der Waals surface area contributed by atoms with E-state index in [1.807, 2.05) is 18.2 Å². The van der Waals surface area contributed by atoms with E-state index in [-0.39, 0.29) is 18.8 Å². The normalized spacial score (nSPS) is 12.1. The Hall–Kier alpha value is -2.87. The lowest BCUT2D eigenvalue weighted by molar-refractivity contribution is -0.146. The number of hydrogen-bond acceptors (Lipinski definition) is 6. The highest BCUT2D eigenvalue weighted by Gasteiger charge is 2.19. The van der Waals surface area contributed by atoms with Crippen LogP contribution in [0.25, 0.3) is 0 Å². The zero-order valence-corrected chi connectivity index (χ0v) is 15.9. The predicted molar refractivity (Wildman–Crippen MR) is 101 cm³/mol. The largest absolute Gasteiger partial charge is 0.493 e. The summed E-state index contributed by atoms with van der Waals surface area (Å²) in [6.45, 7) is 1.64. The third-order valence-corrected chi connectivity index (χ3v) is 4.07. The van der Waals surface area contributed by atoms with Crippen molar-refractivity contribution in [2.45, 2.75) is 19.4 Å². The van der Waals surface area contributed by atoms with Crippen LogP contribution in [0, 0.1) is 0 Å². The highest BCUT2D eigenvalue weighted by atomic mass is 32.2. The first kappa shape index (κ1) is 20.4. The van der Waals surface area contributed by atoms with Gasteiger partial charge < -0.3 is 9.47 Å². The average Bonchev–Trinajstić information content (AvgIpc) is 2.61. The van der Waals surface area contributed by atoms with Crippen LogP contribution in [0.2, 0.25) is 0 Å². The molecule has 0 radical (unpaired) electrons. The molecule has 27 heavy (non-hydrogen) atoms. The molecule has 2 aromatic carbocycles. The van der Waals surface area contributed by atoms with Gasteiger partial charge in [0, 0.05) is 11.3 Å². The fourth-order valence-corrected chi connectivity index (χ4v) is 2.79. The van der Waals surface area contributed by atoms with Crippen LogP contribution in [0.4, 0.5) is 5.69 Å². The molecule has 8 heteroatoms. The summed E-state index contributed by atoms with van der Waals surface area (Å²) in [4.78, 5) is 24.2. The highest BCUT2D eigenvalue weighted by Crippen LogP contribution is 2.14. The van der Waals surface area contributed by atoms with Crippen LogP contribution in [-0.4, -0.2) is 39.1 Å². The molecule has 0 spiro atoms. The fraction of sp³-hybridized carbons (Fsp3) is 0.263. The van der Waals surface area contributed by atoms with Crippen molar-refractivity contribution >= 4 is 27.5 Å². The number of carbonyl (C=O) groups excluding carboxylic acids is 2. The number of sulfonamides is 1. The third kappa shape index (κ3) is 7.10. The molecular weight excluding hydrogens is 370 g/mol. The van der Waals surface area contributed by atoms with E-state index in [0.29, 0.717) is 17.0 Å². The van der Waals surface area contributed by atoms with Gasteiger partial charge in [-0.15, -0.1) is 0 Å². The maximum absolute atomic E-state index is 12.3. The van der Waals surface area contributed by atoms with E-state index in [2.05, 4.69) is 4.72 Å². The van der Waals surface area contributed by atoms with Gasteiger partial charge in [0.25, 0.3) is 0 Å². The molecule has 0 aliphatic carbocycles. The van der Waals surface area contributed by atoms with Crippen molar-refractivity contribution in [2.24, 2.45) is 0 Å². The standard InChI is InChI=1S/C19H21NO6S/c1-14(26-18(21)12-13-25-17-6-4-3-5-7-17)19(22)15-8-10-16(11-9-15)20-27(2,23)24/h3-11,14,20H,12-13H2,1-2H3/t14-/m0/s1. The summed E-state index contributed by atoms with van der Waals surface area (Å²) in [6.07, 6.45) is 0.0988. The number of ether oxygens (including phenoxy) is 2. The van der Waals surface area contributed by atoms with Crippen LogP contribution >= 0.6 is 0 Å². The number of ketones is 1. The number of Topliss-reactive ketones (excluding diaryl/α,β-unsaturated/α-hetero) is 1. The molecule has 0 saturated carbocycles. The summed E-state index contributed by atoms with van der Waals surface area (Å²) in [6, 6.07) is 14.9. The minimum absolute atomic E-state index is 0.0176. The summed E-state index contributed by atoms with van der Waals surface area (Å²) in [5.74, 6) is -0.266. The Bertz CT molecular complexity index is 878. The summed E-state index contributed by atoms with van der Waals surface area (Å²) < 4.78 is 35.2. The van der Waals surface area contributed by atoms with Gasteiger partial charge in [-0.05, 0) is 43.3 Å². The first-order valence-corrected chi connectivity index (χ1v) is 10.1. The lowest BCUT2D eigenvalue weighted by Gasteiger charge is -2.13. The van der Waals surface area contributed by atoms with Gasteiger partial charge in [0.15, 0.2) is 6.10 Å². The molecule has 0 fully saturated rings. The monoisotopic (exact) mass is 391 g/mol. The van der Waals surface area contributed by atoms with Gasteiger partial charge in [-0.2, -0.15) is 0 Å². The van der Waals surface area contributed by atoms with E-state index in [4.69, 9.17) is 9.47 Å². The van der Waals surface area contributed by atoms with Crippen LogP contribution in [0.3, 0.4) is 0 Å². The van der Waals surface area contributed by atoms with Gasteiger partial charge in [-0.1, -0.05) is 18.2 Å². The fourth-order valence-electron chi connectivity index (χ4n) is 2.23. The summed E-state index contributed by atoms with van der Waals surface area (Å²) in [7, 11) is -3.39. The molecule has 1 atom stereocenters. The molecule has 0 bridgehead atoms. The van der Waals surface area contributed by atoms with Crippen molar-refractivity contribution in [3.63, 3.8) is 0 Å². The Labute approximate surface area is 158 Å². The molecule has 0 aliphatic rings. The quantitative estimate of drug-likeness (QED) is 0.521. The van der Waals surface area contributed by atoms with E-state index in [1.165, 1.54) is 31.2 Å². The van der Waals surface area contributed by atoms with Crippen LogP contribution in [0.1, 0.15) is 23.7 Å². The van der Waals surface area contributed by atoms with Gasteiger partial charge in [-0.25, -0.2) is 8.42 Å². The molecule has 0 amide bonds. The van der Waals surface area contributed by atoms with Gasteiger partial charge in [-0.3, -0.25) is 14.3 Å². The third-order valence-electron chi connectivity index (χ3n) is 3.47. The molecule has 0 aromatic heterocycles. The van der Waals surface area contributed by atoms with E-state index >= 15 is 0 Å². The second-order valence-electron chi connectivity index (χ2n) is 5.86. The lowest BCUT2D eigenvalue weighted by atomic mass is 10.1. The van der Waals surface area contributed by atoms with Crippen LogP contribution in [-0.2, 0) is 19.6 Å². The number of anilines is 1. The van der Waals surface area contributed by atoms with Crippen molar-refractivity contribution in [3.8, 4) is 5.75 Å². The van der Waals surface area contributed by atoms with Crippen molar-refractivity contribution in [2.75, 3.05) is 17.6 Å². The minimum Gasteiger partial charge on any atom is -0.493 e. The van der Waals surface area contributed by atoms with Crippen molar-refractivity contribution in [1.29, 1.82) is 0 Å². The average molecular weight is 391 g/mol. The zero-order valence-electron chi connectivity index (χ0n) is 15.0. The molecule has 2 rings (SSSR count). The van der Waals surface area contributed by atoms with Crippen LogP contribution in [0.15, 0.2) is 54.6 Å². The lowest BCUT2D eigenvalue weighted by Crippen LogP contribution is -2.25. The van der Waals surface area contributed by atoms with Crippen molar-refractivity contribution < 1.29 is 27.5 Å². The highest BCUT2D eigenvalue weighted by molar-refractivity contribution is 7.92. The molecule has 0 aliphatic heterocycles. The number of carbonyl (C=O) groups is 2. The van der Waals surface area contributed by atoms with Crippen molar-refractivity contribution in [1.82, 2.24) is 0 Å². The second-order valence-corrected chi connectivity index (χ2v) is 7.61. The molecule has 1 N–H and O–H groups in total. The Balaban J connectivity index is 1.82. The number of rotatable bonds is 9. The topological polar surface area (TPSA) is 98.8 Å². The Morgan fingerprint density at radius 2 is 1.67 bits per heavy atom. The predicted octanol–water partition coefficient (Wildman–Crippen LogP) is 2.64. The number of benzene rings is 2. The Morgan fingerprint density at radius 3 is 2.26 bits per heavy atom. The van der Waals surface area contributed by atoms with Gasteiger partial charge in [0.05, 0.1) is 19.3 Å². The summed E-state index contributed by atoms with van der Waals surface area (Å²) >= 11 is 0. The first-order valence-electron chi connectivity index (χ1n) is 8.24. The smallest absolute Gasteiger partial charge is 0.309 e. The number of para-hydroxylation sites is 1. The molecule has 0 unspecified atom stereocenters. The number of esters is 1. The van der Waals surface area contributed by atoms with Crippen LogP contribution in [0.5, 0.6) is 5.75 Å². The van der Waals surface area contributed by atoms with E-state index < -0.39 is 22.1 Å². The van der Waals surface area contributed by atoms with Gasteiger partial charge in [0.1, 0.15) is 5.75 Å². The SMILES string of the molecule is C[C@H](OC(=O)CCOc1ccccc1)C(=O)c1ccc(NS(C)(=O)=O)cc1. The van der Waals surface area contributed by atoms with E-state index in [1.54, 1.807) is 12.1 Å². The molecular formula is C19H21NO6S. The van der Waals surface area contributed by atoms with Gasteiger partial charge in [0.2, 0.25) is 15.8 Å². The second kappa shape index (κ2) is 9.18. The maximum atomic E-state index is 12.3. The van der Waals surface area contributed by atoms with E-state index in [0.717, 1.165) is 6.26 Å². The Morgan fingerprint density at radius 1 is 1.04 bits per heavy atom. The molecule has 2 aromatic rings. The molecule has 0 heterocycles. The first-order chi connectivity index (χ1) is 12.7. The Kier molecular flexibility index (Phi) is 6.95. The summed E-state index contributed by atoms with van der Waals surface area (Å²) in [5.41, 5.74) is 0.659. The van der Waals surface area contributed by atoms with Gasteiger partial charge >= 0.3 is 5.97 Å². The number of hydrogen-bond donors (Lipinski definition) is 1. The summed E-state index contributed by atoms with van der Waals surface area (Å²) in [5, 5.41) is 0. The van der Waals surface area contributed by atoms with Crippen LogP contribution < -0.4 is 9.46 Å². The zero-order chi connectivity index (χ0) is 19.9. The molecule has 0 saturated heterocycles. The van der Waals surface area contributed by atoms with E-state index in [9.17, 15) is 18.0 Å². The number of nitrogens with one attached hydrogen (secondary N) is 1. The minimum atomic E-state index is -3.39. The molecule has 7 nitrogen and oxygen atoms in total.